The summed E-state index contributed by atoms with van der Waals surface area (Å²) >= 11 is 0. The molecule has 0 bridgehead atoms. The minimum atomic E-state index is -1.15. The Balaban J connectivity index is 0. The van der Waals surface area contributed by atoms with Crippen LogP contribution in [0, 0.1) is 0 Å². The summed E-state index contributed by atoms with van der Waals surface area (Å²) in [6.45, 7) is 7.30. The van der Waals surface area contributed by atoms with Crippen LogP contribution in [0.3, 0.4) is 0 Å². The third-order valence-electron chi connectivity index (χ3n) is 2.12. The zero-order valence-corrected chi connectivity index (χ0v) is 11.0. The summed E-state index contributed by atoms with van der Waals surface area (Å²) in [5.74, 6) is -1.76. The van der Waals surface area contributed by atoms with Crippen LogP contribution in [-0.2, 0) is 14.3 Å². The average Bonchev–Trinajstić information content (AvgIpc) is 2.26. The van der Waals surface area contributed by atoms with Crippen LogP contribution in [0.4, 0.5) is 0 Å². The fourth-order valence-corrected chi connectivity index (χ4v) is 1.19. The smallest absolute Gasteiger partial charge is 0.331 e. The summed E-state index contributed by atoms with van der Waals surface area (Å²) < 4.78 is 4.82. The molecular weight excluding hydrogens is 246 g/mol. The number of carbonyl (C=O) groups excluding carboxylic acids is 1. The third-order valence-corrected chi connectivity index (χ3v) is 2.12. The largest absolute Gasteiger partial charge is 0.478 e. The van der Waals surface area contributed by atoms with E-state index >= 15 is 0 Å². The number of ether oxygens (including phenoxy) is 1. The fraction of sp³-hybridized carbons (Fsp3) is 0.636. The van der Waals surface area contributed by atoms with Gasteiger partial charge >= 0.3 is 11.9 Å². The molecule has 0 aliphatic rings. The number of carboxylic acids is 1. The molecule has 0 spiro atoms. The van der Waals surface area contributed by atoms with E-state index in [9.17, 15) is 9.59 Å². The normalized spacial score (nSPS) is 10.3. The van der Waals surface area contributed by atoms with E-state index in [2.05, 4.69) is 18.7 Å². The Morgan fingerprint density at radius 3 is 2.29 bits per heavy atom. The van der Waals surface area contributed by atoms with Gasteiger partial charge in [-0.3, -0.25) is 0 Å². The van der Waals surface area contributed by atoms with Gasteiger partial charge in [0, 0.05) is 18.7 Å². The molecule has 0 saturated heterocycles. The second-order valence-electron chi connectivity index (χ2n) is 3.22. The highest BCUT2D eigenvalue weighted by atomic mass is 35.5. The fourth-order valence-electron chi connectivity index (χ4n) is 1.19. The summed E-state index contributed by atoms with van der Waals surface area (Å²) in [5.41, 5.74) is 0. The highest BCUT2D eigenvalue weighted by Crippen LogP contribution is 1.92. The molecule has 0 saturated carbocycles. The number of hydrogen-bond acceptors (Lipinski definition) is 4. The lowest BCUT2D eigenvalue weighted by molar-refractivity contribution is -0.138. The highest BCUT2D eigenvalue weighted by molar-refractivity contribution is 5.90. The Morgan fingerprint density at radius 1 is 1.24 bits per heavy atom. The first-order chi connectivity index (χ1) is 7.60. The molecule has 1 N–H and O–H groups in total. The maximum atomic E-state index is 10.9. The van der Waals surface area contributed by atoms with Crippen molar-refractivity contribution >= 4 is 24.3 Å². The predicted octanol–water partition coefficient (Wildman–Crippen LogP) is 1.32. The number of halogens is 1. The Labute approximate surface area is 108 Å². The van der Waals surface area contributed by atoms with Crippen molar-refractivity contribution in [2.75, 3.05) is 26.2 Å². The Bertz CT molecular complexity index is 252. The zero-order valence-electron chi connectivity index (χ0n) is 10.2. The first-order valence-electron chi connectivity index (χ1n) is 5.40. The molecule has 0 aromatic heterocycles. The second kappa shape index (κ2) is 11.4. The first kappa shape index (κ1) is 18.3. The number of nitrogens with zero attached hydrogens (tertiary/aromatic N) is 1. The van der Waals surface area contributed by atoms with Crippen molar-refractivity contribution in [3.8, 4) is 0 Å². The van der Waals surface area contributed by atoms with Gasteiger partial charge in [-0.1, -0.05) is 13.8 Å². The van der Waals surface area contributed by atoms with Gasteiger partial charge in [0.2, 0.25) is 0 Å². The zero-order chi connectivity index (χ0) is 12.4. The number of carboxylic acid groups (broad SMARTS) is 1. The lowest BCUT2D eigenvalue weighted by Gasteiger charge is -2.17. The van der Waals surface area contributed by atoms with Crippen molar-refractivity contribution in [1.82, 2.24) is 4.90 Å². The van der Waals surface area contributed by atoms with Crippen LogP contribution < -0.4 is 0 Å². The van der Waals surface area contributed by atoms with Crippen LogP contribution in [0.1, 0.15) is 20.3 Å². The first-order valence-corrected chi connectivity index (χ1v) is 5.40. The molecule has 6 heteroatoms. The van der Waals surface area contributed by atoms with E-state index in [-0.39, 0.29) is 12.4 Å². The van der Waals surface area contributed by atoms with Crippen LogP contribution in [0.25, 0.3) is 0 Å². The molecule has 100 valence electrons. The summed E-state index contributed by atoms with van der Waals surface area (Å²) in [4.78, 5) is 23.3. The Hall–Kier alpha value is -1.07. The third kappa shape index (κ3) is 11.2. The maximum absolute atomic E-state index is 10.9. The van der Waals surface area contributed by atoms with Gasteiger partial charge in [-0.2, -0.15) is 0 Å². The number of aliphatic carboxylic acids is 1. The van der Waals surface area contributed by atoms with Crippen molar-refractivity contribution in [2.45, 2.75) is 20.3 Å². The SMILES string of the molecule is CCN(CC)CCCOC(=O)/C=C/C(=O)O.Cl. The molecule has 0 radical (unpaired) electrons. The van der Waals surface area contributed by atoms with Crippen molar-refractivity contribution in [3.63, 3.8) is 0 Å². The van der Waals surface area contributed by atoms with Gasteiger partial charge in [0.1, 0.15) is 0 Å². The summed E-state index contributed by atoms with van der Waals surface area (Å²) in [7, 11) is 0. The highest BCUT2D eigenvalue weighted by Gasteiger charge is 2.01. The van der Waals surface area contributed by atoms with Crippen LogP contribution in [0.15, 0.2) is 12.2 Å². The van der Waals surface area contributed by atoms with E-state index in [0.717, 1.165) is 38.2 Å². The van der Waals surface area contributed by atoms with E-state index in [0.29, 0.717) is 6.61 Å². The molecule has 0 aromatic rings. The van der Waals surface area contributed by atoms with Gasteiger partial charge in [0.15, 0.2) is 0 Å². The summed E-state index contributed by atoms with van der Waals surface area (Å²) in [5, 5.41) is 8.27. The van der Waals surface area contributed by atoms with Gasteiger partial charge < -0.3 is 14.7 Å². The molecule has 0 unspecified atom stereocenters. The number of carbonyl (C=O) groups is 2. The van der Waals surface area contributed by atoms with E-state index in [1.807, 2.05) is 0 Å². The molecule has 0 aliphatic heterocycles. The molecule has 0 amide bonds. The van der Waals surface area contributed by atoms with Gasteiger partial charge in [-0.05, 0) is 19.5 Å². The quantitative estimate of drug-likeness (QED) is 0.407. The van der Waals surface area contributed by atoms with E-state index in [1.165, 1.54) is 0 Å². The van der Waals surface area contributed by atoms with Crippen LogP contribution >= 0.6 is 12.4 Å². The Kier molecular flexibility index (Phi) is 12.3. The number of rotatable bonds is 8. The van der Waals surface area contributed by atoms with E-state index in [1.54, 1.807) is 0 Å². The molecule has 5 nitrogen and oxygen atoms in total. The van der Waals surface area contributed by atoms with Crippen molar-refractivity contribution in [1.29, 1.82) is 0 Å². The molecule has 0 atom stereocenters. The second-order valence-corrected chi connectivity index (χ2v) is 3.22. The lowest BCUT2D eigenvalue weighted by Crippen LogP contribution is -2.25. The monoisotopic (exact) mass is 265 g/mol. The predicted molar refractivity (Wildman–Crippen MR) is 67.4 cm³/mol. The molecule has 0 aromatic carbocycles. The number of hydrogen-bond donors (Lipinski definition) is 1. The van der Waals surface area contributed by atoms with Gasteiger partial charge in [-0.15, -0.1) is 12.4 Å². The molecular formula is C11H20ClNO4. The van der Waals surface area contributed by atoms with Crippen LogP contribution in [0.2, 0.25) is 0 Å². The average molecular weight is 266 g/mol. The van der Waals surface area contributed by atoms with Crippen molar-refractivity contribution in [2.24, 2.45) is 0 Å². The van der Waals surface area contributed by atoms with Crippen LogP contribution in [0.5, 0.6) is 0 Å². The van der Waals surface area contributed by atoms with Crippen molar-refractivity contribution < 1.29 is 19.4 Å². The lowest BCUT2D eigenvalue weighted by atomic mass is 10.4. The van der Waals surface area contributed by atoms with E-state index in [4.69, 9.17) is 9.84 Å². The summed E-state index contributed by atoms with van der Waals surface area (Å²) in [6.07, 6.45) is 2.45. The molecule has 0 heterocycles. The minimum absolute atomic E-state index is 0. The number of esters is 1. The van der Waals surface area contributed by atoms with E-state index < -0.39 is 11.9 Å². The Morgan fingerprint density at radius 2 is 1.82 bits per heavy atom. The van der Waals surface area contributed by atoms with Crippen LogP contribution in [-0.4, -0.2) is 48.2 Å². The topological polar surface area (TPSA) is 66.8 Å². The molecule has 0 rings (SSSR count). The van der Waals surface area contributed by atoms with Crippen molar-refractivity contribution in [3.05, 3.63) is 12.2 Å². The molecule has 0 aliphatic carbocycles. The molecule has 0 fully saturated rings. The summed E-state index contributed by atoms with van der Waals surface area (Å²) in [6, 6.07) is 0. The van der Waals surface area contributed by atoms with Gasteiger partial charge in [0.25, 0.3) is 0 Å². The standard InChI is InChI=1S/C11H19NO4.ClH/c1-3-12(4-2)8-5-9-16-11(15)7-6-10(13)14;/h6-7H,3-5,8-9H2,1-2H3,(H,13,14);1H/b7-6+;. The maximum Gasteiger partial charge on any atom is 0.331 e. The minimum Gasteiger partial charge on any atom is -0.478 e. The van der Waals surface area contributed by atoms with Gasteiger partial charge in [0.05, 0.1) is 6.61 Å². The van der Waals surface area contributed by atoms with Gasteiger partial charge in [-0.25, -0.2) is 9.59 Å². The molecule has 17 heavy (non-hydrogen) atoms.